The number of hydrogen-bond acceptors (Lipinski definition) is 7. The normalized spacial score (nSPS) is 15.6. The van der Waals surface area contributed by atoms with Crippen LogP contribution >= 0.6 is 0 Å². The molecule has 8 heteroatoms. The predicted molar refractivity (Wildman–Crippen MR) is 107 cm³/mol. The summed E-state index contributed by atoms with van der Waals surface area (Å²) in [7, 11) is 1.88. The van der Waals surface area contributed by atoms with Gasteiger partial charge in [0, 0.05) is 32.5 Å². The molecule has 0 spiro atoms. The molecule has 0 aromatic carbocycles. The summed E-state index contributed by atoms with van der Waals surface area (Å²) in [6.45, 7) is 6.34. The monoisotopic (exact) mass is 374 g/mol. The first-order chi connectivity index (χ1) is 13.4. The minimum atomic E-state index is 0.246. The smallest absolute Gasteiger partial charge is 0.158 e. The summed E-state index contributed by atoms with van der Waals surface area (Å²) in [5.74, 6) is 1.46. The molecule has 1 fully saturated rings. The summed E-state index contributed by atoms with van der Waals surface area (Å²) in [6.07, 6.45) is 8.00. The van der Waals surface area contributed by atoms with Gasteiger partial charge in [-0.25, -0.2) is 15.0 Å². The lowest BCUT2D eigenvalue weighted by Crippen LogP contribution is -2.23. The molecule has 1 saturated heterocycles. The molecule has 0 aliphatic carbocycles. The van der Waals surface area contributed by atoms with Gasteiger partial charge >= 0.3 is 0 Å². The summed E-state index contributed by atoms with van der Waals surface area (Å²) in [5.41, 5.74) is 8.60. The first-order valence-electron chi connectivity index (χ1n) is 9.14. The first-order valence-corrected chi connectivity index (χ1v) is 9.14. The van der Waals surface area contributed by atoms with Gasteiger partial charge in [-0.3, -0.25) is 4.98 Å². The van der Waals surface area contributed by atoms with E-state index in [1.165, 1.54) is 0 Å². The van der Waals surface area contributed by atoms with Gasteiger partial charge in [0.25, 0.3) is 0 Å². The zero-order valence-corrected chi connectivity index (χ0v) is 16.2. The highest BCUT2D eigenvalue weighted by atomic mass is 15.2. The second-order valence-corrected chi connectivity index (χ2v) is 7.89. The van der Waals surface area contributed by atoms with Crippen molar-refractivity contribution in [2.24, 2.45) is 12.5 Å². The molecule has 142 valence electrons. The third kappa shape index (κ3) is 3.16. The molecule has 28 heavy (non-hydrogen) atoms. The van der Waals surface area contributed by atoms with Gasteiger partial charge < -0.3 is 15.2 Å². The molecule has 0 bridgehead atoms. The van der Waals surface area contributed by atoms with Gasteiger partial charge in [0.05, 0.1) is 18.1 Å². The highest BCUT2D eigenvalue weighted by Crippen LogP contribution is 2.33. The second kappa shape index (κ2) is 6.60. The fourth-order valence-electron chi connectivity index (χ4n) is 3.52. The third-order valence-corrected chi connectivity index (χ3v) is 5.08. The standard InChI is InChI=1S/C20H22N8/c1-20(2)4-6-28(12-20)17-11-23-10-16(25-17)18-13(9-21)14(22)8-15(26-18)19-24-5-7-27(19)3/h5,7-8,10-11H,4,6,12H2,1-3H3,(H2,22,26). The molecule has 0 atom stereocenters. The van der Waals surface area contributed by atoms with Crippen LogP contribution in [0.2, 0.25) is 0 Å². The van der Waals surface area contributed by atoms with Crippen LogP contribution in [0.15, 0.2) is 30.9 Å². The molecule has 0 saturated carbocycles. The van der Waals surface area contributed by atoms with Crippen molar-refractivity contribution in [2.45, 2.75) is 20.3 Å². The topological polar surface area (TPSA) is 110 Å². The van der Waals surface area contributed by atoms with Crippen LogP contribution in [0.1, 0.15) is 25.8 Å². The van der Waals surface area contributed by atoms with Crippen molar-refractivity contribution in [3.05, 3.63) is 36.4 Å². The Labute approximate surface area is 163 Å². The molecule has 1 aliphatic rings. The SMILES string of the molecule is Cn1ccnc1-c1cc(N)c(C#N)c(-c2cncc(N3CCC(C)(C)C3)n2)n1. The van der Waals surface area contributed by atoms with Crippen LogP contribution in [-0.2, 0) is 7.05 Å². The number of rotatable bonds is 3. The summed E-state index contributed by atoms with van der Waals surface area (Å²) >= 11 is 0. The maximum absolute atomic E-state index is 9.64. The van der Waals surface area contributed by atoms with Crippen LogP contribution in [0.5, 0.6) is 0 Å². The van der Waals surface area contributed by atoms with Crippen LogP contribution in [-0.4, -0.2) is 37.6 Å². The molecule has 4 heterocycles. The van der Waals surface area contributed by atoms with Crippen LogP contribution < -0.4 is 10.6 Å². The Morgan fingerprint density at radius 3 is 2.68 bits per heavy atom. The van der Waals surface area contributed by atoms with Crippen LogP contribution in [0.3, 0.4) is 0 Å². The molecule has 3 aromatic rings. The average Bonchev–Trinajstić information content (AvgIpc) is 3.26. The van der Waals surface area contributed by atoms with Crippen LogP contribution in [0.25, 0.3) is 22.9 Å². The average molecular weight is 374 g/mol. The van der Waals surface area contributed by atoms with Crippen molar-refractivity contribution in [3.8, 4) is 29.0 Å². The zero-order chi connectivity index (χ0) is 19.9. The molecule has 8 nitrogen and oxygen atoms in total. The quantitative estimate of drug-likeness (QED) is 0.750. The largest absolute Gasteiger partial charge is 0.398 e. The Bertz CT molecular complexity index is 1080. The van der Waals surface area contributed by atoms with Gasteiger partial charge in [0.15, 0.2) is 5.82 Å². The number of nitrogens with zero attached hydrogens (tertiary/aromatic N) is 7. The van der Waals surface area contributed by atoms with Gasteiger partial charge in [0.2, 0.25) is 0 Å². The molecule has 2 N–H and O–H groups in total. The van der Waals surface area contributed by atoms with Crippen LogP contribution in [0, 0.1) is 16.7 Å². The predicted octanol–water partition coefficient (Wildman–Crippen LogP) is 2.63. The third-order valence-electron chi connectivity index (χ3n) is 5.08. The van der Waals surface area contributed by atoms with Crippen molar-refractivity contribution in [1.82, 2.24) is 24.5 Å². The Hall–Kier alpha value is -3.47. The number of hydrogen-bond donors (Lipinski definition) is 1. The van der Waals surface area contributed by atoms with Crippen molar-refractivity contribution in [3.63, 3.8) is 0 Å². The molecular weight excluding hydrogens is 352 g/mol. The van der Waals surface area contributed by atoms with Crippen molar-refractivity contribution >= 4 is 11.5 Å². The number of nitrogen functional groups attached to an aromatic ring is 1. The summed E-state index contributed by atoms with van der Waals surface area (Å²) < 4.78 is 1.85. The van der Waals surface area contributed by atoms with Crippen molar-refractivity contribution < 1.29 is 0 Å². The number of aryl methyl sites for hydroxylation is 1. The van der Waals surface area contributed by atoms with Gasteiger partial charge in [0.1, 0.15) is 34.5 Å². The maximum Gasteiger partial charge on any atom is 0.158 e. The summed E-state index contributed by atoms with van der Waals surface area (Å²) in [5, 5.41) is 9.64. The molecule has 0 unspecified atom stereocenters. The Balaban J connectivity index is 1.81. The Morgan fingerprint density at radius 2 is 2.04 bits per heavy atom. The fraction of sp³-hybridized carbons (Fsp3) is 0.350. The number of nitrogens with two attached hydrogens (primary N) is 1. The number of pyridine rings is 1. The number of anilines is 2. The van der Waals surface area contributed by atoms with E-state index in [9.17, 15) is 5.26 Å². The fourth-order valence-corrected chi connectivity index (χ4v) is 3.52. The molecule has 3 aromatic heterocycles. The van der Waals surface area contributed by atoms with E-state index in [-0.39, 0.29) is 5.41 Å². The lowest BCUT2D eigenvalue weighted by atomic mass is 9.93. The van der Waals surface area contributed by atoms with E-state index in [0.29, 0.717) is 34.2 Å². The summed E-state index contributed by atoms with van der Waals surface area (Å²) in [4.78, 5) is 20.3. The molecule has 0 radical (unpaired) electrons. The van der Waals surface area contributed by atoms with Gasteiger partial charge in [-0.2, -0.15) is 5.26 Å². The number of imidazole rings is 1. The lowest BCUT2D eigenvalue weighted by molar-refractivity contribution is 0.418. The maximum atomic E-state index is 9.64. The van der Waals surface area contributed by atoms with Crippen molar-refractivity contribution in [1.29, 1.82) is 5.26 Å². The van der Waals surface area contributed by atoms with Gasteiger partial charge in [-0.05, 0) is 17.9 Å². The van der Waals surface area contributed by atoms with E-state index in [1.54, 1.807) is 24.7 Å². The number of aromatic nitrogens is 5. The van der Waals surface area contributed by atoms with E-state index < -0.39 is 0 Å². The van der Waals surface area contributed by atoms with Crippen molar-refractivity contribution in [2.75, 3.05) is 23.7 Å². The van der Waals surface area contributed by atoms with E-state index in [1.807, 2.05) is 17.8 Å². The minimum Gasteiger partial charge on any atom is -0.398 e. The Kier molecular flexibility index (Phi) is 4.23. The second-order valence-electron chi connectivity index (χ2n) is 7.89. The summed E-state index contributed by atoms with van der Waals surface area (Å²) in [6, 6.07) is 3.83. The molecule has 0 amide bonds. The first kappa shape index (κ1) is 17.9. The van der Waals surface area contributed by atoms with E-state index >= 15 is 0 Å². The Morgan fingerprint density at radius 1 is 1.21 bits per heavy atom. The minimum absolute atomic E-state index is 0.246. The molecular formula is C20H22N8. The zero-order valence-electron chi connectivity index (χ0n) is 16.2. The highest BCUT2D eigenvalue weighted by Gasteiger charge is 2.30. The van der Waals surface area contributed by atoms with Gasteiger partial charge in [-0.15, -0.1) is 0 Å². The van der Waals surface area contributed by atoms with Gasteiger partial charge in [-0.1, -0.05) is 13.8 Å². The highest BCUT2D eigenvalue weighted by molar-refractivity contribution is 5.76. The molecule has 1 aliphatic heterocycles. The van der Waals surface area contributed by atoms with Crippen LogP contribution in [0.4, 0.5) is 11.5 Å². The van der Waals surface area contributed by atoms with E-state index in [4.69, 9.17) is 10.7 Å². The molecule has 4 rings (SSSR count). The van der Waals surface area contributed by atoms with E-state index in [0.717, 1.165) is 25.3 Å². The van der Waals surface area contributed by atoms with E-state index in [2.05, 4.69) is 39.8 Å². The number of nitriles is 1. The lowest BCUT2D eigenvalue weighted by Gasteiger charge is -2.20.